The SMILES string of the molecule is CC(C)(O)CCNCC(=O)NCc1ccccc1. The molecule has 1 amide bonds. The van der Waals surface area contributed by atoms with Gasteiger partial charge in [0.05, 0.1) is 12.1 Å². The summed E-state index contributed by atoms with van der Waals surface area (Å²) in [5.74, 6) is -0.0328. The van der Waals surface area contributed by atoms with Crippen LogP contribution in [0.15, 0.2) is 30.3 Å². The molecule has 0 aliphatic rings. The molecule has 4 nitrogen and oxygen atoms in total. The minimum atomic E-state index is -0.687. The minimum absolute atomic E-state index is 0.0328. The molecule has 0 saturated carbocycles. The van der Waals surface area contributed by atoms with Gasteiger partial charge in [0.2, 0.25) is 5.91 Å². The minimum Gasteiger partial charge on any atom is -0.390 e. The lowest BCUT2D eigenvalue weighted by atomic mass is 10.1. The Labute approximate surface area is 108 Å². The molecule has 100 valence electrons. The molecular formula is C14H22N2O2. The van der Waals surface area contributed by atoms with E-state index in [1.807, 2.05) is 30.3 Å². The first kappa shape index (κ1) is 14.7. The van der Waals surface area contributed by atoms with Crippen molar-refractivity contribution in [1.29, 1.82) is 0 Å². The van der Waals surface area contributed by atoms with Crippen LogP contribution in [0.1, 0.15) is 25.8 Å². The fraction of sp³-hybridized carbons (Fsp3) is 0.500. The van der Waals surface area contributed by atoms with Crippen molar-refractivity contribution in [3.05, 3.63) is 35.9 Å². The first-order valence-electron chi connectivity index (χ1n) is 6.21. The maximum absolute atomic E-state index is 11.5. The highest BCUT2D eigenvalue weighted by Gasteiger charge is 2.11. The quantitative estimate of drug-likeness (QED) is 0.634. The molecule has 1 rings (SSSR count). The van der Waals surface area contributed by atoms with Crippen molar-refractivity contribution in [2.75, 3.05) is 13.1 Å². The Kier molecular flexibility index (Phi) is 5.82. The van der Waals surface area contributed by atoms with E-state index in [0.29, 0.717) is 19.5 Å². The van der Waals surface area contributed by atoms with E-state index in [4.69, 9.17) is 0 Å². The molecule has 0 radical (unpaired) electrons. The maximum Gasteiger partial charge on any atom is 0.234 e. The average molecular weight is 250 g/mol. The van der Waals surface area contributed by atoms with Crippen molar-refractivity contribution in [2.45, 2.75) is 32.4 Å². The number of carbonyl (C=O) groups excluding carboxylic acids is 1. The van der Waals surface area contributed by atoms with E-state index in [1.165, 1.54) is 0 Å². The van der Waals surface area contributed by atoms with Gasteiger partial charge in [0, 0.05) is 6.54 Å². The third-order valence-electron chi connectivity index (χ3n) is 2.53. The molecule has 18 heavy (non-hydrogen) atoms. The van der Waals surface area contributed by atoms with E-state index in [2.05, 4.69) is 10.6 Å². The average Bonchev–Trinajstić information content (AvgIpc) is 2.32. The normalized spacial score (nSPS) is 11.3. The molecular weight excluding hydrogens is 228 g/mol. The summed E-state index contributed by atoms with van der Waals surface area (Å²) in [5, 5.41) is 15.3. The van der Waals surface area contributed by atoms with Gasteiger partial charge in [0.15, 0.2) is 0 Å². The summed E-state index contributed by atoms with van der Waals surface area (Å²) in [4.78, 5) is 11.5. The summed E-state index contributed by atoms with van der Waals surface area (Å²) in [6.45, 7) is 4.96. The fourth-order valence-electron chi connectivity index (χ4n) is 1.46. The number of amides is 1. The Morgan fingerprint density at radius 3 is 2.56 bits per heavy atom. The van der Waals surface area contributed by atoms with Crippen molar-refractivity contribution in [1.82, 2.24) is 10.6 Å². The second-order valence-electron chi connectivity index (χ2n) is 5.00. The highest BCUT2D eigenvalue weighted by atomic mass is 16.3. The Morgan fingerprint density at radius 1 is 1.28 bits per heavy atom. The van der Waals surface area contributed by atoms with Gasteiger partial charge in [-0.2, -0.15) is 0 Å². The van der Waals surface area contributed by atoms with E-state index in [0.717, 1.165) is 5.56 Å². The molecule has 0 atom stereocenters. The molecule has 4 heteroatoms. The fourth-order valence-corrected chi connectivity index (χ4v) is 1.46. The molecule has 0 heterocycles. The molecule has 0 saturated heterocycles. The van der Waals surface area contributed by atoms with E-state index in [1.54, 1.807) is 13.8 Å². The first-order valence-corrected chi connectivity index (χ1v) is 6.21. The lowest BCUT2D eigenvalue weighted by Crippen LogP contribution is -2.35. The van der Waals surface area contributed by atoms with Crippen LogP contribution < -0.4 is 10.6 Å². The van der Waals surface area contributed by atoms with Gasteiger partial charge in [-0.3, -0.25) is 4.79 Å². The largest absolute Gasteiger partial charge is 0.390 e. The van der Waals surface area contributed by atoms with E-state index in [-0.39, 0.29) is 12.5 Å². The van der Waals surface area contributed by atoms with Crippen LogP contribution in [0, 0.1) is 0 Å². The molecule has 0 spiro atoms. The summed E-state index contributed by atoms with van der Waals surface area (Å²) in [7, 11) is 0. The molecule has 1 aromatic carbocycles. The Hall–Kier alpha value is -1.39. The van der Waals surface area contributed by atoms with Crippen molar-refractivity contribution in [3.8, 4) is 0 Å². The number of hydrogen-bond acceptors (Lipinski definition) is 3. The van der Waals surface area contributed by atoms with E-state index >= 15 is 0 Å². The summed E-state index contributed by atoms with van der Waals surface area (Å²) >= 11 is 0. The lowest BCUT2D eigenvalue weighted by molar-refractivity contribution is -0.120. The van der Waals surface area contributed by atoms with E-state index < -0.39 is 5.60 Å². The summed E-state index contributed by atoms with van der Waals surface area (Å²) in [6, 6.07) is 9.79. The Bertz CT molecular complexity index is 358. The van der Waals surface area contributed by atoms with Crippen molar-refractivity contribution in [3.63, 3.8) is 0 Å². The molecule has 0 aliphatic heterocycles. The zero-order valence-corrected chi connectivity index (χ0v) is 11.1. The second-order valence-corrected chi connectivity index (χ2v) is 5.00. The van der Waals surface area contributed by atoms with Crippen LogP contribution in [0.3, 0.4) is 0 Å². The highest BCUT2D eigenvalue weighted by molar-refractivity contribution is 5.77. The summed E-state index contributed by atoms with van der Waals surface area (Å²) < 4.78 is 0. The molecule has 0 aromatic heterocycles. The maximum atomic E-state index is 11.5. The van der Waals surface area contributed by atoms with Gasteiger partial charge in [-0.05, 0) is 32.4 Å². The smallest absolute Gasteiger partial charge is 0.234 e. The molecule has 0 unspecified atom stereocenters. The Morgan fingerprint density at radius 2 is 1.94 bits per heavy atom. The van der Waals surface area contributed by atoms with Crippen LogP contribution in [0.2, 0.25) is 0 Å². The first-order chi connectivity index (χ1) is 8.47. The number of benzene rings is 1. The van der Waals surface area contributed by atoms with Crippen LogP contribution in [0.5, 0.6) is 0 Å². The second kappa shape index (κ2) is 7.13. The number of rotatable bonds is 7. The monoisotopic (exact) mass is 250 g/mol. The van der Waals surface area contributed by atoms with Gasteiger partial charge < -0.3 is 15.7 Å². The van der Waals surface area contributed by atoms with Gasteiger partial charge in [-0.15, -0.1) is 0 Å². The van der Waals surface area contributed by atoms with Crippen LogP contribution in [-0.4, -0.2) is 29.7 Å². The number of hydrogen-bond donors (Lipinski definition) is 3. The standard InChI is InChI=1S/C14H22N2O2/c1-14(2,18)8-9-15-11-13(17)16-10-12-6-4-3-5-7-12/h3-7,15,18H,8-11H2,1-2H3,(H,16,17). The third-order valence-corrected chi connectivity index (χ3v) is 2.53. The predicted octanol–water partition coefficient (Wildman–Crippen LogP) is 1.05. The van der Waals surface area contributed by atoms with Gasteiger partial charge in [0.25, 0.3) is 0 Å². The molecule has 0 aliphatic carbocycles. The van der Waals surface area contributed by atoms with Gasteiger partial charge in [-0.1, -0.05) is 30.3 Å². The van der Waals surface area contributed by atoms with Crippen LogP contribution in [-0.2, 0) is 11.3 Å². The van der Waals surface area contributed by atoms with Gasteiger partial charge in [0.1, 0.15) is 0 Å². The summed E-state index contributed by atoms with van der Waals surface area (Å²) in [5.41, 5.74) is 0.399. The van der Waals surface area contributed by atoms with Crippen molar-refractivity contribution >= 4 is 5.91 Å². The molecule has 1 aromatic rings. The van der Waals surface area contributed by atoms with Crippen molar-refractivity contribution in [2.24, 2.45) is 0 Å². The lowest BCUT2D eigenvalue weighted by Gasteiger charge is -2.16. The number of carbonyl (C=O) groups is 1. The highest BCUT2D eigenvalue weighted by Crippen LogP contribution is 2.04. The van der Waals surface area contributed by atoms with Crippen LogP contribution in [0.25, 0.3) is 0 Å². The third kappa shape index (κ3) is 7.04. The van der Waals surface area contributed by atoms with E-state index in [9.17, 15) is 9.90 Å². The van der Waals surface area contributed by atoms with Gasteiger partial charge >= 0.3 is 0 Å². The number of nitrogens with one attached hydrogen (secondary N) is 2. The molecule has 3 N–H and O–H groups in total. The van der Waals surface area contributed by atoms with Crippen LogP contribution >= 0.6 is 0 Å². The number of aliphatic hydroxyl groups is 1. The zero-order valence-electron chi connectivity index (χ0n) is 11.1. The topological polar surface area (TPSA) is 61.4 Å². The van der Waals surface area contributed by atoms with Gasteiger partial charge in [-0.25, -0.2) is 0 Å². The zero-order chi connectivity index (χ0) is 13.4. The Balaban J connectivity index is 2.11. The summed E-state index contributed by atoms with van der Waals surface area (Å²) in [6.07, 6.45) is 0.624. The molecule has 0 bridgehead atoms. The predicted molar refractivity (Wildman–Crippen MR) is 72.1 cm³/mol. The van der Waals surface area contributed by atoms with Crippen molar-refractivity contribution < 1.29 is 9.90 Å². The van der Waals surface area contributed by atoms with Crippen LogP contribution in [0.4, 0.5) is 0 Å². The molecule has 0 fully saturated rings.